The van der Waals surface area contributed by atoms with Gasteiger partial charge in [-0.15, -0.1) is 11.8 Å². The monoisotopic (exact) mass is 724 g/mol. The molecule has 0 saturated heterocycles. The van der Waals surface area contributed by atoms with E-state index in [1.165, 1.54) is 6.20 Å². The molecule has 7 nitrogen and oxygen atoms in total. The number of carbonyl (C=O) groups excluding carboxylic acids is 1. The number of unbranched alkanes of at least 4 members (excludes halogenated alkanes) is 1. The summed E-state index contributed by atoms with van der Waals surface area (Å²) in [7, 11) is 0. The van der Waals surface area contributed by atoms with Gasteiger partial charge in [0.15, 0.2) is 0 Å². The molecule has 2 heterocycles. The van der Waals surface area contributed by atoms with Crippen LogP contribution < -0.4 is 10.6 Å². The SMILES string of the molecule is CCOC(=O)N1c2ccc(C(F)(F)F)cc2[C@@H](c2ncc(SCCCCO)c(Cc3cc(C(F)(F)F)cc(C(F)(F)F)c3)n2)C[C@@]1(N)CC. The summed E-state index contributed by atoms with van der Waals surface area (Å²) in [6, 6.07) is 3.89. The molecule has 0 fully saturated rings. The molecule has 0 saturated carbocycles. The second kappa shape index (κ2) is 14.7. The fourth-order valence-electron chi connectivity index (χ4n) is 5.56. The minimum Gasteiger partial charge on any atom is -0.449 e. The van der Waals surface area contributed by atoms with Gasteiger partial charge in [0.2, 0.25) is 0 Å². The number of aliphatic hydroxyl groups is 1. The Morgan fingerprint density at radius 2 is 1.61 bits per heavy atom. The molecule has 4 rings (SSSR count). The Hall–Kier alpha value is -3.57. The van der Waals surface area contributed by atoms with Crippen molar-refractivity contribution in [1.29, 1.82) is 0 Å². The van der Waals surface area contributed by atoms with E-state index in [1.807, 2.05) is 0 Å². The Morgan fingerprint density at radius 3 is 2.16 bits per heavy atom. The summed E-state index contributed by atoms with van der Waals surface area (Å²) < 4.78 is 129. The molecule has 1 aliphatic rings. The third-order valence-corrected chi connectivity index (χ3v) is 9.17. The van der Waals surface area contributed by atoms with Gasteiger partial charge in [0.1, 0.15) is 11.5 Å². The number of amides is 1. The van der Waals surface area contributed by atoms with Crippen LogP contribution in [0, 0.1) is 0 Å². The molecule has 1 aliphatic heterocycles. The number of hydrogen-bond acceptors (Lipinski definition) is 7. The fourth-order valence-corrected chi connectivity index (χ4v) is 6.54. The second-order valence-corrected chi connectivity index (χ2v) is 12.6. The molecule has 3 aromatic rings. The average molecular weight is 725 g/mol. The lowest BCUT2D eigenvalue weighted by atomic mass is 9.80. The summed E-state index contributed by atoms with van der Waals surface area (Å²) in [5.74, 6) is -0.776. The molecule has 49 heavy (non-hydrogen) atoms. The average Bonchev–Trinajstić information content (AvgIpc) is 3.01. The molecule has 2 atom stereocenters. The van der Waals surface area contributed by atoms with Crippen molar-refractivity contribution in [3.8, 4) is 0 Å². The lowest BCUT2D eigenvalue weighted by molar-refractivity contribution is -0.143. The van der Waals surface area contributed by atoms with Crippen LogP contribution in [-0.2, 0) is 29.7 Å². The van der Waals surface area contributed by atoms with Crippen molar-refractivity contribution in [3.63, 3.8) is 0 Å². The van der Waals surface area contributed by atoms with Crippen molar-refractivity contribution in [3.05, 3.63) is 81.9 Å². The second-order valence-electron chi connectivity index (χ2n) is 11.4. The number of nitrogens with two attached hydrogens (primary N) is 1. The van der Waals surface area contributed by atoms with Gasteiger partial charge in [-0.1, -0.05) is 6.92 Å². The summed E-state index contributed by atoms with van der Waals surface area (Å²) >= 11 is 1.16. The Labute approximate surface area is 280 Å². The van der Waals surface area contributed by atoms with Crippen LogP contribution in [0.2, 0.25) is 0 Å². The van der Waals surface area contributed by atoms with Crippen LogP contribution in [-0.4, -0.2) is 45.8 Å². The van der Waals surface area contributed by atoms with E-state index in [4.69, 9.17) is 15.6 Å². The maximum Gasteiger partial charge on any atom is 0.416 e. The van der Waals surface area contributed by atoms with E-state index < -0.39 is 59.3 Å². The topological polar surface area (TPSA) is 102 Å². The van der Waals surface area contributed by atoms with Crippen LogP contribution >= 0.6 is 11.8 Å². The van der Waals surface area contributed by atoms with Crippen LogP contribution in [0.15, 0.2) is 47.5 Å². The number of aliphatic hydroxyl groups excluding tert-OH is 1. The van der Waals surface area contributed by atoms with Gasteiger partial charge in [-0.05, 0) is 85.9 Å². The van der Waals surface area contributed by atoms with Gasteiger partial charge in [-0.3, -0.25) is 4.90 Å². The largest absolute Gasteiger partial charge is 0.449 e. The summed E-state index contributed by atoms with van der Waals surface area (Å²) in [6.07, 6.45) is -14.2. The Morgan fingerprint density at radius 1 is 0.980 bits per heavy atom. The maximum atomic E-state index is 13.9. The smallest absolute Gasteiger partial charge is 0.416 e. The van der Waals surface area contributed by atoms with E-state index in [2.05, 4.69) is 9.97 Å². The first kappa shape index (κ1) is 38.2. The summed E-state index contributed by atoms with van der Waals surface area (Å²) in [6.45, 7) is 3.05. The van der Waals surface area contributed by atoms with Crippen molar-refractivity contribution in [2.24, 2.45) is 5.73 Å². The molecule has 0 spiro atoms. The summed E-state index contributed by atoms with van der Waals surface area (Å²) in [5, 5.41) is 9.14. The predicted octanol–water partition coefficient (Wildman–Crippen LogP) is 8.55. The van der Waals surface area contributed by atoms with E-state index in [9.17, 15) is 44.3 Å². The summed E-state index contributed by atoms with van der Waals surface area (Å²) in [4.78, 5) is 23.4. The van der Waals surface area contributed by atoms with Crippen molar-refractivity contribution >= 4 is 23.5 Å². The molecule has 17 heteroatoms. The number of halogens is 9. The first-order valence-electron chi connectivity index (χ1n) is 15.2. The Kier molecular flexibility index (Phi) is 11.5. The van der Waals surface area contributed by atoms with Gasteiger partial charge in [-0.2, -0.15) is 39.5 Å². The predicted molar refractivity (Wildman–Crippen MR) is 163 cm³/mol. The quantitative estimate of drug-likeness (QED) is 0.123. The van der Waals surface area contributed by atoms with Crippen molar-refractivity contribution in [2.45, 2.75) is 81.0 Å². The van der Waals surface area contributed by atoms with E-state index in [-0.39, 0.29) is 60.5 Å². The molecule has 0 bridgehead atoms. The third-order valence-electron chi connectivity index (χ3n) is 8.03. The highest BCUT2D eigenvalue weighted by molar-refractivity contribution is 7.99. The van der Waals surface area contributed by atoms with Crippen LogP contribution in [0.1, 0.15) is 84.8 Å². The zero-order valence-electron chi connectivity index (χ0n) is 26.3. The zero-order chi connectivity index (χ0) is 36.4. The van der Waals surface area contributed by atoms with E-state index in [1.54, 1.807) is 13.8 Å². The molecule has 3 N–H and O–H groups in total. The Bertz CT molecular complexity index is 1620. The molecule has 1 aromatic heterocycles. The number of hydrogen-bond donors (Lipinski definition) is 2. The standard InChI is InChI=1S/C32H33F9N4O3S/c1-3-29(42)16-23(22-15-19(30(33,34)35)7-8-25(22)45(29)28(47)48-4-2)27-43-17-26(49-10-6-5-9-46)24(44-27)13-18-11-20(31(36,37)38)14-21(12-18)32(39,40)41/h7-8,11-12,14-15,17,23,46H,3-6,9-10,13,16,42H2,1-2H3/t23-,29+/m0/s1. The first-order valence-corrected chi connectivity index (χ1v) is 16.2. The number of benzene rings is 2. The highest BCUT2D eigenvalue weighted by atomic mass is 32.2. The molecule has 268 valence electrons. The lowest BCUT2D eigenvalue weighted by Gasteiger charge is -2.46. The minimum atomic E-state index is -5.09. The van der Waals surface area contributed by atoms with Crippen molar-refractivity contribution < 1.29 is 54.2 Å². The fraction of sp³-hybridized carbons (Fsp3) is 0.469. The van der Waals surface area contributed by atoms with Gasteiger partial charge in [0, 0.05) is 30.0 Å². The van der Waals surface area contributed by atoms with Gasteiger partial charge in [-0.25, -0.2) is 14.8 Å². The highest BCUT2D eigenvalue weighted by Crippen LogP contribution is 2.48. The van der Waals surface area contributed by atoms with Crippen LogP contribution in [0.5, 0.6) is 0 Å². The number of nitrogens with zero attached hydrogens (tertiary/aromatic N) is 3. The van der Waals surface area contributed by atoms with E-state index >= 15 is 0 Å². The van der Waals surface area contributed by atoms with Gasteiger partial charge in [0.25, 0.3) is 0 Å². The molecular weight excluding hydrogens is 691 g/mol. The van der Waals surface area contributed by atoms with Crippen LogP contribution in [0.25, 0.3) is 0 Å². The number of thioether (sulfide) groups is 1. The number of alkyl halides is 9. The number of fused-ring (bicyclic) bond motifs is 1. The number of rotatable bonds is 10. The van der Waals surface area contributed by atoms with Gasteiger partial charge >= 0.3 is 24.6 Å². The van der Waals surface area contributed by atoms with E-state index in [0.717, 1.165) is 34.9 Å². The molecule has 0 unspecified atom stereocenters. The highest BCUT2D eigenvalue weighted by Gasteiger charge is 2.47. The Balaban J connectivity index is 1.91. The van der Waals surface area contributed by atoms with Crippen LogP contribution in [0.4, 0.5) is 50.0 Å². The summed E-state index contributed by atoms with van der Waals surface area (Å²) in [5.41, 5.74) is 0.794. The third kappa shape index (κ3) is 8.78. The van der Waals surface area contributed by atoms with Gasteiger partial charge < -0.3 is 15.6 Å². The lowest BCUT2D eigenvalue weighted by Crippen LogP contribution is -2.61. The molecule has 2 aromatic carbocycles. The maximum absolute atomic E-state index is 13.9. The van der Waals surface area contributed by atoms with Crippen molar-refractivity contribution in [2.75, 3.05) is 23.9 Å². The molecular formula is C32H33F9N4O3S. The normalized spacial score (nSPS) is 18.4. The molecule has 0 aliphatic carbocycles. The molecule has 0 radical (unpaired) electrons. The minimum absolute atomic E-state index is 0.00681. The van der Waals surface area contributed by atoms with Crippen LogP contribution in [0.3, 0.4) is 0 Å². The number of anilines is 1. The first-order chi connectivity index (χ1) is 22.8. The zero-order valence-corrected chi connectivity index (χ0v) is 27.1. The van der Waals surface area contributed by atoms with Crippen molar-refractivity contribution in [1.82, 2.24) is 9.97 Å². The van der Waals surface area contributed by atoms with E-state index in [0.29, 0.717) is 35.6 Å². The number of carbonyl (C=O) groups is 1. The molecule has 1 amide bonds. The van der Waals surface area contributed by atoms with Gasteiger partial charge in [0.05, 0.1) is 34.7 Å². The number of ether oxygens (including phenoxy) is 1. The number of aromatic nitrogens is 2.